The lowest BCUT2D eigenvalue weighted by molar-refractivity contribution is 0.299. The van der Waals surface area contributed by atoms with Crippen molar-refractivity contribution in [3.63, 3.8) is 0 Å². The van der Waals surface area contributed by atoms with E-state index in [1.807, 2.05) is 31.3 Å². The fourth-order valence-electron chi connectivity index (χ4n) is 3.47. The average molecular weight is 380 g/mol. The molecule has 3 N–H and O–H groups in total. The molecule has 0 bridgehead atoms. The number of benzene rings is 1. The fourth-order valence-corrected chi connectivity index (χ4v) is 3.47. The number of nitrogen functional groups attached to an aromatic ring is 1. The summed E-state index contributed by atoms with van der Waals surface area (Å²) in [5.74, 6) is 1.56. The summed E-state index contributed by atoms with van der Waals surface area (Å²) in [5, 5.41) is 5.76. The van der Waals surface area contributed by atoms with Crippen LogP contribution in [0.3, 0.4) is 0 Å². The minimum absolute atomic E-state index is 0.252. The van der Waals surface area contributed by atoms with Gasteiger partial charge in [0, 0.05) is 17.6 Å². The lowest BCUT2D eigenvalue weighted by atomic mass is 10.1. The number of hydrogen-bond donors (Lipinski definition) is 2. The standard InChI is InChI=1S/C22H29N5O/c1-4-8-17(9-5-2)26-21-20(15(3)25-22(23)27-21)28-14-19-18-11-7-6-10-16(18)12-13-24-19/h6-7,10-13,17H,4-5,8-9,14H2,1-3H3,(H3,23,25,26,27). The van der Waals surface area contributed by atoms with E-state index >= 15 is 0 Å². The number of anilines is 2. The van der Waals surface area contributed by atoms with Crippen molar-refractivity contribution >= 4 is 22.5 Å². The Morgan fingerprint density at radius 3 is 2.57 bits per heavy atom. The van der Waals surface area contributed by atoms with Crippen LogP contribution in [0.25, 0.3) is 10.8 Å². The second-order valence-corrected chi connectivity index (χ2v) is 7.03. The molecule has 3 rings (SSSR count). The quantitative estimate of drug-likeness (QED) is 0.551. The Kier molecular flexibility index (Phi) is 6.63. The number of pyridine rings is 1. The Balaban J connectivity index is 1.86. The SMILES string of the molecule is CCCC(CCC)Nc1nc(N)nc(C)c1OCc1nccc2ccccc12. The van der Waals surface area contributed by atoms with Gasteiger partial charge in [0.1, 0.15) is 6.61 Å². The molecular weight excluding hydrogens is 350 g/mol. The first-order valence-corrected chi connectivity index (χ1v) is 9.98. The summed E-state index contributed by atoms with van der Waals surface area (Å²) >= 11 is 0. The third-order valence-corrected chi connectivity index (χ3v) is 4.78. The molecule has 148 valence electrons. The first-order valence-electron chi connectivity index (χ1n) is 9.98. The zero-order valence-electron chi connectivity index (χ0n) is 16.9. The fraction of sp³-hybridized carbons (Fsp3) is 0.409. The molecule has 0 saturated carbocycles. The monoisotopic (exact) mass is 379 g/mol. The molecule has 0 atom stereocenters. The number of aryl methyl sites for hydroxylation is 1. The summed E-state index contributed by atoms with van der Waals surface area (Å²) in [4.78, 5) is 13.2. The molecule has 0 saturated heterocycles. The highest BCUT2D eigenvalue weighted by Crippen LogP contribution is 2.29. The van der Waals surface area contributed by atoms with E-state index in [4.69, 9.17) is 10.5 Å². The van der Waals surface area contributed by atoms with Crippen molar-refractivity contribution in [2.45, 2.75) is 59.1 Å². The molecule has 0 spiro atoms. The highest BCUT2D eigenvalue weighted by atomic mass is 16.5. The molecule has 0 aliphatic rings. The number of hydrogen-bond acceptors (Lipinski definition) is 6. The zero-order valence-corrected chi connectivity index (χ0v) is 16.9. The molecule has 6 heteroatoms. The van der Waals surface area contributed by atoms with Gasteiger partial charge in [0.25, 0.3) is 0 Å². The van der Waals surface area contributed by atoms with E-state index in [9.17, 15) is 0 Å². The average Bonchev–Trinajstić information content (AvgIpc) is 2.67. The number of ether oxygens (including phenoxy) is 1. The summed E-state index contributed by atoms with van der Waals surface area (Å²) in [6, 6.07) is 10.5. The van der Waals surface area contributed by atoms with Gasteiger partial charge in [-0.2, -0.15) is 4.98 Å². The predicted octanol–water partition coefficient (Wildman–Crippen LogP) is 4.88. The van der Waals surface area contributed by atoms with E-state index < -0.39 is 0 Å². The normalized spacial score (nSPS) is 11.1. The summed E-state index contributed by atoms with van der Waals surface area (Å²) in [6.07, 6.45) is 6.16. The van der Waals surface area contributed by atoms with E-state index in [0.29, 0.717) is 24.2 Å². The molecule has 0 aliphatic heterocycles. The van der Waals surface area contributed by atoms with Crippen molar-refractivity contribution in [3.8, 4) is 5.75 Å². The molecule has 0 amide bonds. The molecule has 2 heterocycles. The molecule has 28 heavy (non-hydrogen) atoms. The van der Waals surface area contributed by atoms with Crippen molar-refractivity contribution in [2.24, 2.45) is 0 Å². The van der Waals surface area contributed by atoms with Crippen LogP contribution in [-0.4, -0.2) is 21.0 Å². The molecule has 0 radical (unpaired) electrons. The summed E-state index contributed by atoms with van der Waals surface area (Å²) < 4.78 is 6.17. The first kappa shape index (κ1) is 19.9. The van der Waals surface area contributed by atoms with Gasteiger partial charge in [-0.3, -0.25) is 4.98 Å². The number of nitrogens with two attached hydrogens (primary N) is 1. The third kappa shape index (κ3) is 4.68. The van der Waals surface area contributed by atoms with Gasteiger partial charge >= 0.3 is 0 Å². The lowest BCUT2D eigenvalue weighted by Crippen LogP contribution is -2.21. The second kappa shape index (κ2) is 9.35. The van der Waals surface area contributed by atoms with Gasteiger partial charge < -0.3 is 15.8 Å². The first-order chi connectivity index (χ1) is 13.6. The molecule has 2 aromatic heterocycles. The molecular formula is C22H29N5O. The third-order valence-electron chi connectivity index (χ3n) is 4.78. The maximum absolute atomic E-state index is 6.17. The van der Waals surface area contributed by atoms with Gasteiger partial charge in [-0.1, -0.05) is 51.0 Å². The Morgan fingerprint density at radius 2 is 1.82 bits per heavy atom. The number of nitrogens with one attached hydrogen (secondary N) is 1. The topological polar surface area (TPSA) is 86.0 Å². The van der Waals surface area contributed by atoms with Gasteiger partial charge in [0.15, 0.2) is 11.6 Å². The van der Waals surface area contributed by atoms with Crippen LogP contribution in [0.4, 0.5) is 11.8 Å². The van der Waals surface area contributed by atoms with Crippen LogP contribution in [-0.2, 0) is 6.61 Å². The lowest BCUT2D eigenvalue weighted by Gasteiger charge is -2.21. The Morgan fingerprint density at radius 1 is 1.07 bits per heavy atom. The van der Waals surface area contributed by atoms with Gasteiger partial charge in [-0.25, -0.2) is 4.98 Å². The van der Waals surface area contributed by atoms with Crippen LogP contribution in [0.5, 0.6) is 5.75 Å². The van der Waals surface area contributed by atoms with E-state index in [2.05, 4.69) is 46.2 Å². The van der Waals surface area contributed by atoms with E-state index in [1.165, 1.54) is 0 Å². The van der Waals surface area contributed by atoms with Crippen LogP contribution in [0.1, 0.15) is 50.9 Å². The van der Waals surface area contributed by atoms with Crippen LogP contribution in [0.15, 0.2) is 36.5 Å². The predicted molar refractivity (Wildman–Crippen MR) is 114 cm³/mol. The maximum Gasteiger partial charge on any atom is 0.222 e. The number of rotatable bonds is 9. The van der Waals surface area contributed by atoms with Crippen LogP contribution >= 0.6 is 0 Å². The highest BCUT2D eigenvalue weighted by molar-refractivity contribution is 5.84. The zero-order chi connectivity index (χ0) is 19.9. The summed E-state index contributed by atoms with van der Waals surface area (Å²) in [5.41, 5.74) is 7.52. The Bertz CT molecular complexity index is 917. The van der Waals surface area contributed by atoms with Crippen LogP contribution < -0.4 is 15.8 Å². The molecule has 0 aliphatic carbocycles. The number of nitrogens with zero attached hydrogens (tertiary/aromatic N) is 3. The van der Waals surface area contributed by atoms with Gasteiger partial charge in [0.05, 0.1) is 11.4 Å². The minimum Gasteiger partial charge on any atom is -0.481 e. The van der Waals surface area contributed by atoms with Gasteiger partial charge in [-0.15, -0.1) is 0 Å². The van der Waals surface area contributed by atoms with Gasteiger partial charge in [0.2, 0.25) is 5.95 Å². The van der Waals surface area contributed by atoms with E-state index in [0.717, 1.165) is 47.8 Å². The second-order valence-electron chi connectivity index (χ2n) is 7.03. The molecule has 0 unspecified atom stereocenters. The number of fused-ring (bicyclic) bond motifs is 1. The largest absolute Gasteiger partial charge is 0.481 e. The van der Waals surface area contributed by atoms with Gasteiger partial charge in [-0.05, 0) is 31.2 Å². The molecule has 1 aromatic carbocycles. The highest BCUT2D eigenvalue weighted by Gasteiger charge is 2.17. The Labute approximate surface area is 166 Å². The summed E-state index contributed by atoms with van der Waals surface area (Å²) in [6.45, 7) is 6.61. The maximum atomic E-state index is 6.17. The van der Waals surface area contributed by atoms with Crippen molar-refractivity contribution in [1.82, 2.24) is 15.0 Å². The van der Waals surface area contributed by atoms with Crippen molar-refractivity contribution in [1.29, 1.82) is 0 Å². The van der Waals surface area contributed by atoms with E-state index in [-0.39, 0.29) is 5.95 Å². The minimum atomic E-state index is 0.252. The molecule has 0 fully saturated rings. The van der Waals surface area contributed by atoms with Crippen molar-refractivity contribution < 1.29 is 4.74 Å². The Hall–Kier alpha value is -2.89. The van der Waals surface area contributed by atoms with Crippen LogP contribution in [0, 0.1) is 6.92 Å². The van der Waals surface area contributed by atoms with Crippen LogP contribution in [0.2, 0.25) is 0 Å². The molecule has 6 nitrogen and oxygen atoms in total. The number of aromatic nitrogens is 3. The van der Waals surface area contributed by atoms with Crippen molar-refractivity contribution in [2.75, 3.05) is 11.1 Å². The van der Waals surface area contributed by atoms with E-state index in [1.54, 1.807) is 0 Å². The molecule has 3 aromatic rings. The van der Waals surface area contributed by atoms with Crippen molar-refractivity contribution in [3.05, 3.63) is 47.9 Å². The smallest absolute Gasteiger partial charge is 0.222 e. The summed E-state index contributed by atoms with van der Waals surface area (Å²) in [7, 11) is 0.